The van der Waals surface area contributed by atoms with Crippen molar-refractivity contribution in [2.45, 2.75) is 6.18 Å². The summed E-state index contributed by atoms with van der Waals surface area (Å²) in [5, 5.41) is 8.77. The minimum atomic E-state index is -4.98. The van der Waals surface area contributed by atoms with Crippen LogP contribution in [0.2, 0.25) is 5.02 Å². The van der Waals surface area contributed by atoms with Crippen LogP contribution in [0.25, 0.3) is 5.69 Å². The lowest BCUT2D eigenvalue weighted by Crippen LogP contribution is -2.36. The average molecular weight is 427 g/mol. The van der Waals surface area contributed by atoms with E-state index >= 15 is 0 Å². The van der Waals surface area contributed by atoms with E-state index < -0.39 is 34.6 Å². The van der Waals surface area contributed by atoms with E-state index in [1.807, 2.05) is 6.07 Å². The molecule has 0 aliphatic rings. The lowest BCUT2D eigenvalue weighted by atomic mass is 10.2. The molecule has 7 nitrogen and oxygen atoms in total. The van der Waals surface area contributed by atoms with Crippen molar-refractivity contribution in [3.8, 4) is 23.4 Å². The zero-order valence-corrected chi connectivity index (χ0v) is 14.7. The lowest BCUT2D eigenvalue weighted by Gasteiger charge is -2.13. The summed E-state index contributed by atoms with van der Waals surface area (Å²) in [5.74, 6) is -1.65. The Balaban J connectivity index is 2.16. The first-order valence-electron chi connectivity index (χ1n) is 7.58. The van der Waals surface area contributed by atoms with E-state index in [2.05, 4.69) is 4.98 Å². The molecule has 29 heavy (non-hydrogen) atoms. The molecule has 0 saturated carbocycles. The summed E-state index contributed by atoms with van der Waals surface area (Å²) >= 11 is 5.90. The number of hydrogen-bond acceptors (Lipinski definition) is 5. The standard InChI is InChI=1S/C17H7ClF4N4O3/c18-9-4-10(19)11(5-12(9)29-15-8(7-23)2-1-3-24-15)26-14(27)6-13(17(20,21)22)25-16(26)28/h1-6H,(H,25,28). The molecule has 0 saturated heterocycles. The van der Waals surface area contributed by atoms with E-state index in [0.717, 1.165) is 6.07 Å². The summed E-state index contributed by atoms with van der Waals surface area (Å²) in [4.78, 5) is 29.4. The molecule has 0 radical (unpaired) electrons. The Kier molecular flexibility index (Phi) is 5.13. The second-order valence-corrected chi connectivity index (χ2v) is 5.87. The fourth-order valence-electron chi connectivity index (χ4n) is 2.31. The van der Waals surface area contributed by atoms with Crippen LogP contribution in [0.1, 0.15) is 11.3 Å². The third kappa shape index (κ3) is 3.97. The molecule has 0 aliphatic carbocycles. The normalized spacial score (nSPS) is 11.2. The molecule has 0 bridgehead atoms. The van der Waals surface area contributed by atoms with E-state index in [1.165, 1.54) is 23.3 Å². The molecule has 1 aromatic carbocycles. The fourth-order valence-corrected chi connectivity index (χ4v) is 2.49. The Morgan fingerprint density at radius 3 is 2.59 bits per heavy atom. The van der Waals surface area contributed by atoms with Crippen LogP contribution < -0.4 is 16.0 Å². The summed E-state index contributed by atoms with van der Waals surface area (Å²) in [6.07, 6.45) is -3.67. The molecule has 1 N–H and O–H groups in total. The predicted molar refractivity (Wildman–Crippen MR) is 91.7 cm³/mol. The number of H-pyrrole nitrogens is 1. The van der Waals surface area contributed by atoms with Crippen molar-refractivity contribution in [3.63, 3.8) is 0 Å². The smallest absolute Gasteiger partial charge is 0.431 e. The van der Waals surface area contributed by atoms with Gasteiger partial charge >= 0.3 is 11.9 Å². The van der Waals surface area contributed by atoms with E-state index in [-0.39, 0.29) is 32.8 Å². The molecule has 3 aromatic rings. The van der Waals surface area contributed by atoms with Gasteiger partial charge in [-0.15, -0.1) is 0 Å². The van der Waals surface area contributed by atoms with Crippen LogP contribution in [0.3, 0.4) is 0 Å². The molecule has 0 atom stereocenters. The summed E-state index contributed by atoms with van der Waals surface area (Å²) in [6, 6.07) is 6.30. The zero-order chi connectivity index (χ0) is 21.3. The maximum Gasteiger partial charge on any atom is 0.431 e. The number of alkyl halides is 3. The van der Waals surface area contributed by atoms with Crippen LogP contribution in [0.15, 0.2) is 46.1 Å². The summed E-state index contributed by atoms with van der Waals surface area (Å²) in [6.45, 7) is 0. The second-order valence-electron chi connectivity index (χ2n) is 5.46. The van der Waals surface area contributed by atoms with Crippen LogP contribution in [0.4, 0.5) is 17.6 Å². The molecule has 0 aliphatic heterocycles. The number of benzene rings is 1. The van der Waals surface area contributed by atoms with Crippen molar-refractivity contribution < 1.29 is 22.3 Å². The Morgan fingerprint density at radius 1 is 1.24 bits per heavy atom. The largest absolute Gasteiger partial charge is 0.436 e. The van der Waals surface area contributed by atoms with E-state index in [1.54, 1.807) is 0 Å². The highest BCUT2D eigenvalue weighted by Gasteiger charge is 2.33. The third-order valence-electron chi connectivity index (χ3n) is 3.58. The Hall–Kier alpha value is -3.65. The van der Waals surface area contributed by atoms with Crippen LogP contribution in [0, 0.1) is 17.1 Å². The highest BCUT2D eigenvalue weighted by atomic mass is 35.5. The van der Waals surface area contributed by atoms with E-state index in [0.29, 0.717) is 6.07 Å². The molecule has 0 unspecified atom stereocenters. The molecule has 2 aromatic heterocycles. The number of halogens is 5. The van der Waals surface area contributed by atoms with Crippen molar-refractivity contribution in [1.82, 2.24) is 14.5 Å². The van der Waals surface area contributed by atoms with Gasteiger partial charge in [-0.1, -0.05) is 11.6 Å². The molecule has 0 amide bonds. The van der Waals surface area contributed by atoms with E-state index in [9.17, 15) is 27.2 Å². The van der Waals surface area contributed by atoms with Gasteiger partial charge in [-0.25, -0.2) is 18.7 Å². The molecular formula is C17H7ClF4N4O3. The highest BCUT2D eigenvalue weighted by Crippen LogP contribution is 2.33. The first kappa shape index (κ1) is 20.1. The summed E-state index contributed by atoms with van der Waals surface area (Å²) in [5.41, 5.74) is -5.23. The van der Waals surface area contributed by atoms with E-state index in [4.69, 9.17) is 21.6 Å². The average Bonchev–Trinajstić information content (AvgIpc) is 2.64. The topological polar surface area (TPSA) is 101 Å². The van der Waals surface area contributed by atoms with Crippen molar-refractivity contribution in [2.24, 2.45) is 0 Å². The van der Waals surface area contributed by atoms with Gasteiger partial charge in [-0.05, 0) is 18.2 Å². The minimum Gasteiger partial charge on any atom is -0.436 e. The monoisotopic (exact) mass is 426 g/mol. The SMILES string of the molecule is N#Cc1cccnc1Oc1cc(-n2c(=O)cc(C(F)(F)F)[nH]c2=O)c(F)cc1Cl. The van der Waals surface area contributed by atoms with Gasteiger partial charge in [0, 0.05) is 18.3 Å². The minimum absolute atomic E-state index is 0.0129. The molecule has 0 fully saturated rings. The highest BCUT2D eigenvalue weighted by molar-refractivity contribution is 6.32. The van der Waals surface area contributed by atoms with Crippen molar-refractivity contribution in [1.29, 1.82) is 5.26 Å². The van der Waals surface area contributed by atoms with Gasteiger partial charge in [-0.2, -0.15) is 18.4 Å². The van der Waals surface area contributed by atoms with Crippen molar-refractivity contribution in [3.05, 3.63) is 79.5 Å². The van der Waals surface area contributed by atoms with Gasteiger partial charge in [0.15, 0.2) is 0 Å². The van der Waals surface area contributed by atoms with Crippen molar-refractivity contribution >= 4 is 11.6 Å². The molecular weight excluding hydrogens is 420 g/mol. The Labute approximate surface area is 163 Å². The quantitative estimate of drug-likeness (QED) is 0.647. The maximum absolute atomic E-state index is 14.4. The second kappa shape index (κ2) is 7.40. The van der Waals surface area contributed by atoms with Gasteiger partial charge in [-0.3, -0.25) is 4.79 Å². The molecule has 12 heteroatoms. The van der Waals surface area contributed by atoms with Crippen molar-refractivity contribution in [2.75, 3.05) is 0 Å². The molecule has 0 spiro atoms. The number of aromatic nitrogens is 3. The van der Waals surface area contributed by atoms with Crippen LogP contribution in [-0.2, 0) is 6.18 Å². The number of nitriles is 1. The number of nitrogens with zero attached hydrogens (tertiary/aromatic N) is 3. The van der Waals surface area contributed by atoms with Gasteiger partial charge < -0.3 is 9.72 Å². The third-order valence-corrected chi connectivity index (χ3v) is 3.87. The van der Waals surface area contributed by atoms with Gasteiger partial charge in [0.2, 0.25) is 5.88 Å². The number of hydrogen-bond donors (Lipinski definition) is 1. The number of pyridine rings is 1. The lowest BCUT2D eigenvalue weighted by molar-refractivity contribution is -0.141. The molecule has 2 heterocycles. The van der Waals surface area contributed by atoms with Crippen LogP contribution in [-0.4, -0.2) is 14.5 Å². The van der Waals surface area contributed by atoms with Crippen LogP contribution >= 0.6 is 11.6 Å². The predicted octanol–water partition coefficient (Wildman–Crippen LogP) is 3.40. The van der Waals surface area contributed by atoms with Gasteiger partial charge in [0.1, 0.15) is 28.9 Å². The summed E-state index contributed by atoms with van der Waals surface area (Å²) in [7, 11) is 0. The number of nitrogens with one attached hydrogen (secondary N) is 1. The zero-order valence-electron chi connectivity index (χ0n) is 13.9. The first-order valence-corrected chi connectivity index (χ1v) is 7.95. The number of rotatable bonds is 3. The summed E-state index contributed by atoms with van der Waals surface area (Å²) < 4.78 is 58.1. The van der Waals surface area contributed by atoms with Gasteiger partial charge in [0.25, 0.3) is 5.56 Å². The van der Waals surface area contributed by atoms with Gasteiger partial charge in [0.05, 0.1) is 10.7 Å². The maximum atomic E-state index is 14.4. The first-order chi connectivity index (χ1) is 13.6. The fraction of sp³-hybridized carbons (Fsp3) is 0.0588. The number of ether oxygens (including phenoxy) is 1. The Bertz CT molecular complexity index is 1230. The Morgan fingerprint density at radius 2 is 1.97 bits per heavy atom. The molecule has 148 valence electrons. The molecule has 3 rings (SSSR count). The number of aromatic amines is 1. The van der Waals surface area contributed by atoms with Crippen LogP contribution in [0.5, 0.6) is 11.6 Å².